The van der Waals surface area contributed by atoms with Crippen molar-refractivity contribution in [1.29, 1.82) is 0 Å². The SMILES string of the molecule is Cc1ccc(C(C)(O)CC(F)(F)C(F)(F)C(F)(F)C(F)(F)C(F)(F)C(F)(F)C(F)(F)C(F)(F)C(F)(F)C(F)(F)F)cc1. The van der Waals surface area contributed by atoms with Crippen LogP contribution >= 0.6 is 0 Å². The van der Waals surface area contributed by atoms with E-state index >= 15 is 0 Å². The van der Waals surface area contributed by atoms with Crippen molar-refractivity contribution in [2.45, 2.75) is 85.3 Å². The Morgan fingerprint density at radius 2 is 0.714 bits per heavy atom. The molecule has 0 bridgehead atoms. The van der Waals surface area contributed by atoms with Gasteiger partial charge in [-0.2, -0.15) is 92.2 Å². The Morgan fingerprint density at radius 3 is 1.00 bits per heavy atom. The lowest BCUT2D eigenvalue weighted by molar-refractivity contribution is -0.474. The van der Waals surface area contributed by atoms with Crippen LogP contribution in [0.1, 0.15) is 24.5 Å². The predicted molar refractivity (Wildman–Crippen MR) is 95.9 cm³/mol. The lowest BCUT2D eigenvalue weighted by Crippen LogP contribution is -2.77. The first-order chi connectivity index (χ1) is 18.0. The maximum Gasteiger partial charge on any atom is 0.460 e. The maximum atomic E-state index is 14.2. The number of halogens is 21. The molecule has 1 unspecified atom stereocenters. The molecule has 1 nitrogen and oxygen atoms in total. The van der Waals surface area contributed by atoms with Crippen LogP contribution in [0.3, 0.4) is 0 Å². The topological polar surface area (TPSA) is 20.2 Å². The van der Waals surface area contributed by atoms with Gasteiger partial charge in [-0.3, -0.25) is 0 Å². The van der Waals surface area contributed by atoms with Crippen LogP contribution in [-0.4, -0.2) is 64.6 Å². The van der Waals surface area contributed by atoms with Gasteiger partial charge >= 0.3 is 59.5 Å². The van der Waals surface area contributed by atoms with E-state index in [2.05, 4.69) is 0 Å². The van der Waals surface area contributed by atoms with Gasteiger partial charge in [0, 0.05) is 0 Å². The summed E-state index contributed by atoms with van der Waals surface area (Å²) in [6.07, 6.45) is -11.2. The van der Waals surface area contributed by atoms with Gasteiger partial charge < -0.3 is 5.11 Å². The van der Waals surface area contributed by atoms with Crippen LogP contribution in [0, 0.1) is 6.92 Å². The first kappa shape index (κ1) is 37.7. The molecule has 0 saturated carbocycles. The predicted octanol–water partition coefficient (Wildman–Crippen LogP) is 8.87. The minimum Gasteiger partial charge on any atom is -0.385 e. The minimum absolute atomic E-state index is 0.143. The van der Waals surface area contributed by atoms with Crippen molar-refractivity contribution in [3.05, 3.63) is 35.4 Å². The standard InChI is InChI=1S/C20H13F21O/c1-8-3-5-9(6-4-8)10(2,42)7-11(21,22)12(23,24)13(25,26)14(27,28)15(29,30)16(31,32)17(33,34)18(35,36)19(37,38)20(39,40)41/h3-6,42H,7H2,1-2H3. The third-order valence-electron chi connectivity index (χ3n) is 5.82. The Labute approximate surface area is 219 Å². The highest BCUT2D eigenvalue weighted by Crippen LogP contribution is 2.66. The van der Waals surface area contributed by atoms with Gasteiger partial charge in [-0.1, -0.05) is 29.8 Å². The molecular weight excluding hydrogens is 655 g/mol. The van der Waals surface area contributed by atoms with Crippen molar-refractivity contribution in [3.63, 3.8) is 0 Å². The van der Waals surface area contributed by atoms with Gasteiger partial charge in [-0.05, 0) is 19.4 Å². The molecule has 246 valence electrons. The van der Waals surface area contributed by atoms with Crippen molar-refractivity contribution in [3.8, 4) is 0 Å². The average Bonchev–Trinajstić information content (AvgIpc) is 2.76. The molecule has 1 atom stereocenters. The minimum atomic E-state index is -9.22. The molecule has 1 aromatic carbocycles. The number of aliphatic hydroxyl groups is 1. The first-order valence-electron chi connectivity index (χ1n) is 10.2. The number of aryl methyl sites for hydroxylation is 1. The van der Waals surface area contributed by atoms with Crippen LogP contribution in [0.2, 0.25) is 0 Å². The van der Waals surface area contributed by atoms with E-state index in [4.69, 9.17) is 0 Å². The smallest absolute Gasteiger partial charge is 0.385 e. The summed E-state index contributed by atoms with van der Waals surface area (Å²) < 4.78 is 283. The molecule has 0 spiro atoms. The number of benzene rings is 1. The van der Waals surface area contributed by atoms with Crippen LogP contribution in [0.15, 0.2) is 24.3 Å². The Balaban J connectivity index is 3.73. The second kappa shape index (κ2) is 9.86. The van der Waals surface area contributed by atoms with Crippen LogP contribution < -0.4 is 0 Å². The third-order valence-corrected chi connectivity index (χ3v) is 5.82. The molecule has 0 aliphatic carbocycles. The van der Waals surface area contributed by atoms with Crippen LogP contribution in [-0.2, 0) is 5.60 Å². The second-order valence-corrected chi connectivity index (χ2v) is 9.11. The molecule has 42 heavy (non-hydrogen) atoms. The summed E-state index contributed by atoms with van der Waals surface area (Å²) in [6, 6.07) is 3.29. The molecule has 0 aromatic heterocycles. The molecular formula is C20H13F21O. The fourth-order valence-corrected chi connectivity index (χ4v) is 3.15. The fraction of sp³-hybridized carbons (Fsp3) is 0.700. The largest absolute Gasteiger partial charge is 0.460 e. The second-order valence-electron chi connectivity index (χ2n) is 9.11. The molecule has 0 aliphatic rings. The fourth-order valence-electron chi connectivity index (χ4n) is 3.15. The zero-order chi connectivity index (χ0) is 34.2. The van der Waals surface area contributed by atoms with E-state index in [1.165, 1.54) is 6.92 Å². The van der Waals surface area contributed by atoms with Crippen LogP contribution in [0.4, 0.5) is 92.2 Å². The van der Waals surface area contributed by atoms with E-state index in [0.29, 0.717) is 12.1 Å². The number of hydrogen-bond acceptors (Lipinski definition) is 1. The maximum absolute atomic E-state index is 14.2. The highest BCUT2D eigenvalue weighted by Gasteiger charge is 2.97. The number of rotatable bonds is 11. The summed E-state index contributed by atoms with van der Waals surface area (Å²) in [7, 11) is 0. The van der Waals surface area contributed by atoms with Gasteiger partial charge in [-0.25, -0.2) is 0 Å². The summed E-state index contributed by atoms with van der Waals surface area (Å²) >= 11 is 0. The van der Waals surface area contributed by atoms with E-state index in [0.717, 1.165) is 12.1 Å². The van der Waals surface area contributed by atoms with Gasteiger partial charge in [0.25, 0.3) is 0 Å². The summed E-state index contributed by atoms with van der Waals surface area (Å²) in [4.78, 5) is 0. The lowest BCUT2D eigenvalue weighted by atomic mass is 9.82. The zero-order valence-corrected chi connectivity index (χ0v) is 19.9. The van der Waals surface area contributed by atoms with Crippen molar-refractivity contribution in [2.75, 3.05) is 0 Å². The summed E-state index contributed by atoms with van der Waals surface area (Å²) in [5.41, 5.74) is -4.03. The molecule has 0 radical (unpaired) electrons. The summed E-state index contributed by atoms with van der Waals surface area (Å²) in [5.74, 6) is -77.6. The van der Waals surface area contributed by atoms with Gasteiger partial charge in [0.05, 0.1) is 12.0 Å². The zero-order valence-electron chi connectivity index (χ0n) is 19.9. The third kappa shape index (κ3) is 5.01. The lowest BCUT2D eigenvalue weighted by Gasteiger charge is -2.45. The number of alkyl halides is 21. The van der Waals surface area contributed by atoms with Crippen molar-refractivity contribution in [2.24, 2.45) is 0 Å². The summed E-state index contributed by atoms with van der Waals surface area (Å²) in [6.45, 7) is 1.47. The van der Waals surface area contributed by atoms with Gasteiger partial charge in [0.15, 0.2) is 0 Å². The molecule has 0 saturated heterocycles. The van der Waals surface area contributed by atoms with Crippen molar-refractivity contribution in [1.82, 2.24) is 0 Å². The van der Waals surface area contributed by atoms with Crippen molar-refractivity contribution >= 4 is 0 Å². The first-order valence-corrected chi connectivity index (χ1v) is 10.2. The molecule has 1 rings (SSSR count). The molecule has 0 aliphatic heterocycles. The monoisotopic (exact) mass is 668 g/mol. The van der Waals surface area contributed by atoms with Gasteiger partial charge in [-0.15, -0.1) is 0 Å². The van der Waals surface area contributed by atoms with E-state index < -0.39 is 77.1 Å². The quantitative estimate of drug-likeness (QED) is 0.234. The van der Waals surface area contributed by atoms with Gasteiger partial charge in [0.1, 0.15) is 0 Å². The Kier molecular flexibility index (Phi) is 8.86. The van der Waals surface area contributed by atoms with E-state index in [9.17, 15) is 97.3 Å². The highest BCUT2D eigenvalue weighted by molar-refractivity contribution is 5.27. The number of hydrogen-bond donors (Lipinski definition) is 1. The molecule has 22 heteroatoms. The van der Waals surface area contributed by atoms with Crippen LogP contribution in [0.25, 0.3) is 0 Å². The van der Waals surface area contributed by atoms with E-state index in [-0.39, 0.29) is 12.5 Å². The molecule has 1 aromatic rings. The molecule has 0 fully saturated rings. The average molecular weight is 668 g/mol. The summed E-state index contributed by atoms with van der Waals surface area (Å²) in [5, 5.41) is 10.0. The van der Waals surface area contributed by atoms with E-state index in [1.54, 1.807) is 0 Å². The normalized spacial score (nSPS) is 17.3. The van der Waals surface area contributed by atoms with Crippen LogP contribution in [0.5, 0.6) is 0 Å². The Bertz CT molecular complexity index is 1110. The highest BCUT2D eigenvalue weighted by atomic mass is 19.4. The van der Waals surface area contributed by atoms with Crippen molar-refractivity contribution < 1.29 is 97.3 Å². The Hall–Kier alpha value is -2.29. The molecule has 0 amide bonds. The molecule has 1 N–H and O–H groups in total. The Morgan fingerprint density at radius 1 is 0.452 bits per heavy atom. The molecule has 0 heterocycles. The van der Waals surface area contributed by atoms with Gasteiger partial charge in [0.2, 0.25) is 0 Å². The van der Waals surface area contributed by atoms with E-state index in [1.807, 2.05) is 0 Å².